The van der Waals surface area contributed by atoms with Crippen molar-refractivity contribution < 1.29 is 18.4 Å². The van der Waals surface area contributed by atoms with Crippen LogP contribution in [0.1, 0.15) is 17.3 Å². The number of nitrogens with one attached hydrogen (secondary N) is 1. The van der Waals surface area contributed by atoms with E-state index in [2.05, 4.69) is 15.1 Å². The quantitative estimate of drug-likeness (QED) is 0.260. The van der Waals surface area contributed by atoms with Gasteiger partial charge in [0.15, 0.2) is 16.7 Å². The summed E-state index contributed by atoms with van der Waals surface area (Å²) >= 11 is 1.33. The summed E-state index contributed by atoms with van der Waals surface area (Å²) < 4.78 is 23.3. The number of benzene rings is 1. The lowest BCUT2D eigenvalue weighted by Crippen LogP contribution is -2.23. The topological polar surface area (TPSA) is 121 Å². The largest absolute Gasteiger partial charge is 0.493 e. The van der Waals surface area contributed by atoms with E-state index in [1.54, 1.807) is 37.2 Å². The number of thioether (sulfide) groups is 1. The van der Waals surface area contributed by atoms with Gasteiger partial charge in [-0.15, -0.1) is 0 Å². The van der Waals surface area contributed by atoms with Crippen molar-refractivity contribution in [3.8, 4) is 22.9 Å². The third-order valence-electron chi connectivity index (χ3n) is 5.17. The van der Waals surface area contributed by atoms with E-state index in [1.165, 1.54) is 11.8 Å². The number of H-pyrrole nitrogens is 1. The molecule has 4 heterocycles. The molecule has 0 atom stereocenters. The summed E-state index contributed by atoms with van der Waals surface area (Å²) in [7, 11) is 3.12. The lowest BCUT2D eigenvalue weighted by atomic mass is 10.2. The first-order valence-corrected chi connectivity index (χ1v) is 11.3. The van der Waals surface area contributed by atoms with Gasteiger partial charge in [0, 0.05) is 5.69 Å². The third-order valence-corrected chi connectivity index (χ3v) is 6.13. The van der Waals surface area contributed by atoms with Crippen LogP contribution in [0.2, 0.25) is 0 Å². The number of hydrogen-bond acceptors (Lipinski definition) is 9. The van der Waals surface area contributed by atoms with Gasteiger partial charge in [0.25, 0.3) is 5.56 Å². The molecule has 0 unspecified atom stereocenters. The standard InChI is InChI=1S/C23H21N5O5S/c1-13-10-16-19(24-13)22(29)28(11-14-6-5-9-32-14)23(25-16)34-12-18-26-21(27-33-18)15-7-4-8-17(30-2)20(15)31-3/h4-10,24H,11-12H2,1-3H3. The van der Waals surface area contributed by atoms with Gasteiger partial charge in [-0.3, -0.25) is 9.36 Å². The van der Waals surface area contributed by atoms with Crippen molar-refractivity contribution in [2.24, 2.45) is 0 Å². The van der Waals surface area contributed by atoms with Crippen molar-refractivity contribution in [2.45, 2.75) is 24.4 Å². The number of para-hydroxylation sites is 1. The van der Waals surface area contributed by atoms with E-state index in [9.17, 15) is 4.79 Å². The van der Waals surface area contributed by atoms with Gasteiger partial charge in [0.05, 0.1) is 43.9 Å². The van der Waals surface area contributed by atoms with E-state index in [-0.39, 0.29) is 12.1 Å². The van der Waals surface area contributed by atoms with Gasteiger partial charge in [0.1, 0.15) is 11.3 Å². The highest BCUT2D eigenvalue weighted by Crippen LogP contribution is 2.36. The average Bonchev–Trinajstić information content (AvgIpc) is 3.60. The van der Waals surface area contributed by atoms with Crippen LogP contribution in [0.5, 0.6) is 11.5 Å². The molecule has 0 aliphatic carbocycles. The van der Waals surface area contributed by atoms with Crippen LogP contribution in [0.15, 0.2) is 61.6 Å². The maximum Gasteiger partial charge on any atom is 0.278 e. The Morgan fingerprint density at radius 2 is 2.03 bits per heavy atom. The first-order valence-electron chi connectivity index (χ1n) is 10.4. The number of ether oxygens (including phenoxy) is 2. The molecule has 4 aromatic heterocycles. The van der Waals surface area contributed by atoms with E-state index >= 15 is 0 Å². The molecule has 0 spiro atoms. The second-order valence-corrected chi connectivity index (χ2v) is 8.36. The number of methoxy groups -OCH3 is 2. The Bertz CT molecular complexity index is 1500. The summed E-state index contributed by atoms with van der Waals surface area (Å²) in [6.07, 6.45) is 1.57. The zero-order chi connectivity index (χ0) is 23.7. The fourth-order valence-electron chi connectivity index (χ4n) is 3.63. The van der Waals surface area contributed by atoms with Crippen LogP contribution in [0.4, 0.5) is 0 Å². The third kappa shape index (κ3) is 4.05. The average molecular weight is 480 g/mol. The van der Waals surface area contributed by atoms with Crippen molar-refractivity contribution in [3.63, 3.8) is 0 Å². The second-order valence-electron chi connectivity index (χ2n) is 7.42. The number of hydrogen-bond donors (Lipinski definition) is 1. The molecule has 10 nitrogen and oxygen atoms in total. The van der Waals surface area contributed by atoms with Gasteiger partial charge in [-0.1, -0.05) is 23.0 Å². The molecule has 5 aromatic rings. The molecule has 0 aliphatic rings. The molecule has 0 amide bonds. The molecule has 0 saturated carbocycles. The summed E-state index contributed by atoms with van der Waals surface area (Å²) in [5.74, 6) is 2.82. The molecule has 1 N–H and O–H groups in total. The van der Waals surface area contributed by atoms with Crippen LogP contribution in [-0.2, 0) is 12.3 Å². The monoisotopic (exact) mass is 479 g/mol. The first-order chi connectivity index (χ1) is 16.6. The SMILES string of the molecule is COc1cccc(-c2noc(CSc3nc4cc(C)[nH]c4c(=O)n3Cc3ccco3)n2)c1OC. The Hall–Kier alpha value is -3.99. The van der Waals surface area contributed by atoms with E-state index < -0.39 is 0 Å². The molecular formula is C23H21N5O5S. The summed E-state index contributed by atoms with van der Waals surface area (Å²) in [6, 6.07) is 10.9. The first kappa shape index (κ1) is 21.8. The molecular weight excluding hydrogens is 458 g/mol. The molecule has 174 valence electrons. The molecule has 11 heteroatoms. The minimum atomic E-state index is -0.177. The van der Waals surface area contributed by atoms with Gasteiger partial charge < -0.3 is 23.4 Å². The van der Waals surface area contributed by atoms with Gasteiger partial charge in [-0.05, 0) is 37.3 Å². The van der Waals surface area contributed by atoms with Crippen LogP contribution in [0, 0.1) is 6.92 Å². The molecule has 5 rings (SSSR count). The Balaban J connectivity index is 1.45. The maximum atomic E-state index is 13.2. The molecule has 0 bridgehead atoms. The van der Waals surface area contributed by atoms with Crippen LogP contribution in [0.25, 0.3) is 22.4 Å². The van der Waals surface area contributed by atoms with Crippen molar-refractivity contribution in [1.29, 1.82) is 0 Å². The van der Waals surface area contributed by atoms with E-state index in [0.717, 1.165) is 5.69 Å². The Morgan fingerprint density at radius 1 is 1.15 bits per heavy atom. The Labute approximate surface area is 197 Å². The minimum absolute atomic E-state index is 0.177. The predicted octanol–water partition coefficient (Wildman–Crippen LogP) is 4.03. The number of aromatic amines is 1. The number of furan rings is 1. The maximum absolute atomic E-state index is 13.2. The van der Waals surface area contributed by atoms with Gasteiger partial charge in [-0.2, -0.15) is 4.98 Å². The zero-order valence-electron chi connectivity index (χ0n) is 18.7. The van der Waals surface area contributed by atoms with Gasteiger partial charge >= 0.3 is 0 Å². The van der Waals surface area contributed by atoms with Crippen LogP contribution in [0.3, 0.4) is 0 Å². The van der Waals surface area contributed by atoms with E-state index in [0.29, 0.717) is 56.5 Å². The van der Waals surface area contributed by atoms with Crippen molar-refractivity contribution in [1.82, 2.24) is 24.7 Å². The zero-order valence-corrected chi connectivity index (χ0v) is 19.5. The highest BCUT2D eigenvalue weighted by molar-refractivity contribution is 7.98. The molecule has 34 heavy (non-hydrogen) atoms. The van der Waals surface area contributed by atoms with Gasteiger partial charge in [-0.25, -0.2) is 4.98 Å². The molecule has 0 aliphatic heterocycles. The molecule has 0 radical (unpaired) electrons. The summed E-state index contributed by atoms with van der Waals surface area (Å²) in [6.45, 7) is 2.14. The van der Waals surface area contributed by atoms with Crippen molar-refractivity contribution in [3.05, 3.63) is 70.4 Å². The summed E-state index contributed by atoms with van der Waals surface area (Å²) in [5, 5.41) is 4.61. The van der Waals surface area contributed by atoms with Crippen molar-refractivity contribution in [2.75, 3.05) is 14.2 Å². The molecule has 1 aromatic carbocycles. The predicted molar refractivity (Wildman–Crippen MR) is 125 cm³/mol. The minimum Gasteiger partial charge on any atom is -0.493 e. The second kappa shape index (κ2) is 9.10. The van der Waals surface area contributed by atoms with E-state index in [1.807, 2.05) is 31.2 Å². The fourth-order valence-corrected chi connectivity index (χ4v) is 4.47. The van der Waals surface area contributed by atoms with Gasteiger partial charge in [0.2, 0.25) is 11.7 Å². The number of rotatable bonds is 8. The normalized spacial score (nSPS) is 11.3. The fraction of sp³-hybridized carbons (Fsp3) is 0.217. The van der Waals surface area contributed by atoms with Crippen molar-refractivity contribution >= 4 is 22.8 Å². The lowest BCUT2D eigenvalue weighted by molar-refractivity contribution is 0.355. The Morgan fingerprint density at radius 3 is 2.79 bits per heavy atom. The number of aryl methyl sites for hydroxylation is 1. The smallest absolute Gasteiger partial charge is 0.278 e. The Kier molecular flexibility index (Phi) is 5.84. The molecule has 0 saturated heterocycles. The number of fused-ring (bicyclic) bond motifs is 1. The molecule has 0 fully saturated rings. The highest BCUT2D eigenvalue weighted by Gasteiger charge is 2.19. The van der Waals surface area contributed by atoms with E-state index in [4.69, 9.17) is 23.4 Å². The van der Waals surface area contributed by atoms with Crippen LogP contribution < -0.4 is 15.0 Å². The summed E-state index contributed by atoms with van der Waals surface area (Å²) in [4.78, 5) is 25.5. The summed E-state index contributed by atoms with van der Waals surface area (Å²) in [5.41, 5.74) is 2.40. The number of aromatic nitrogens is 5. The number of nitrogens with zero attached hydrogens (tertiary/aromatic N) is 4. The highest BCUT2D eigenvalue weighted by atomic mass is 32.2. The van der Waals surface area contributed by atoms with Crippen LogP contribution in [-0.4, -0.2) is 38.9 Å². The van der Waals surface area contributed by atoms with Crippen LogP contribution >= 0.6 is 11.8 Å². The lowest BCUT2D eigenvalue weighted by Gasteiger charge is -2.10.